The number of rotatable bonds is 2. The van der Waals surface area contributed by atoms with Crippen molar-refractivity contribution >= 4 is 17.0 Å². The molecule has 0 saturated heterocycles. The maximum absolute atomic E-state index is 12.7. The fourth-order valence-corrected chi connectivity index (χ4v) is 2.62. The van der Waals surface area contributed by atoms with Gasteiger partial charge in [-0.15, -0.1) is 11.1 Å². The maximum Gasteiger partial charge on any atom is 0.435 e. The Morgan fingerprint density at radius 1 is 1.39 bits per heavy atom. The number of hydrogen-bond donors (Lipinski definition) is 2. The molecule has 0 fully saturated rings. The Morgan fingerprint density at radius 2 is 2.00 bits per heavy atom. The number of carbonyl (C=O) groups is 1. The van der Waals surface area contributed by atoms with Gasteiger partial charge in [0.05, 0.1) is 5.56 Å². The van der Waals surface area contributed by atoms with Crippen LogP contribution in [0.25, 0.3) is 0 Å². The van der Waals surface area contributed by atoms with Crippen LogP contribution in [-0.4, -0.2) is 15.7 Å². The van der Waals surface area contributed by atoms with Gasteiger partial charge in [0.2, 0.25) is 0 Å². The van der Waals surface area contributed by atoms with E-state index in [1.165, 1.54) is 7.05 Å². The number of aryl methyl sites for hydroxylation is 1. The zero-order valence-corrected chi connectivity index (χ0v) is 10.2. The van der Waals surface area contributed by atoms with Crippen molar-refractivity contribution < 1.29 is 18.0 Å². The van der Waals surface area contributed by atoms with Crippen molar-refractivity contribution in [2.24, 2.45) is 7.05 Å². The summed E-state index contributed by atoms with van der Waals surface area (Å²) in [5.41, 5.74) is -1.62. The predicted octanol–water partition coefficient (Wildman–Crippen LogP) is 2.13. The molecule has 0 aliphatic carbocycles. The van der Waals surface area contributed by atoms with Crippen molar-refractivity contribution in [3.8, 4) is 0 Å². The summed E-state index contributed by atoms with van der Waals surface area (Å²) < 4.78 is 41.5. The van der Waals surface area contributed by atoms with Crippen LogP contribution in [0.1, 0.15) is 16.1 Å². The molecule has 0 radical (unpaired) electrons. The first-order valence-corrected chi connectivity index (χ1v) is 6.41. The summed E-state index contributed by atoms with van der Waals surface area (Å²) in [7, 11) is 1.34. The first-order valence-electron chi connectivity index (χ1n) is 4.93. The summed E-state index contributed by atoms with van der Waals surface area (Å²) in [4.78, 5) is 11.8. The number of nitrogens with zero attached hydrogens (tertiary/aromatic N) is 2. The Hall–Kier alpha value is -1.70. The largest absolute Gasteiger partial charge is 0.435 e. The molecular formula is C10H10F3N3OS. The molecule has 1 aromatic heterocycles. The summed E-state index contributed by atoms with van der Waals surface area (Å²) in [6.45, 7) is 0. The van der Waals surface area contributed by atoms with E-state index in [0.29, 0.717) is 0 Å². The van der Waals surface area contributed by atoms with E-state index >= 15 is 0 Å². The molecule has 0 bridgehead atoms. The number of amides is 1. The highest BCUT2D eigenvalue weighted by Gasteiger charge is 2.39. The van der Waals surface area contributed by atoms with Gasteiger partial charge in [0.1, 0.15) is 0 Å². The number of carbonyl (C=O) groups excluding carboxylic acids is 1. The minimum atomic E-state index is -4.64. The average molecular weight is 277 g/mol. The number of allylic oxidation sites excluding steroid dienone is 2. The first-order chi connectivity index (χ1) is 8.38. The fraction of sp³-hybridized carbons (Fsp3) is 0.200. The second-order valence-corrected chi connectivity index (χ2v) is 5.23. The van der Waals surface area contributed by atoms with Crippen LogP contribution in [0.2, 0.25) is 0 Å². The highest BCUT2D eigenvalue weighted by atomic mass is 32.2. The lowest BCUT2D eigenvalue weighted by molar-refractivity contribution is -0.141. The van der Waals surface area contributed by atoms with Gasteiger partial charge < -0.3 is 4.72 Å². The van der Waals surface area contributed by atoms with E-state index in [4.69, 9.17) is 0 Å². The lowest BCUT2D eigenvalue weighted by Crippen LogP contribution is -2.21. The Balaban J connectivity index is 2.24. The van der Waals surface area contributed by atoms with Crippen molar-refractivity contribution in [2.75, 3.05) is 0 Å². The van der Waals surface area contributed by atoms with Crippen molar-refractivity contribution in [2.45, 2.75) is 6.18 Å². The molecule has 1 aromatic rings. The zero-order chi connectivity index (χ0) is 13.3. The van der Waals surface area contributed by atoms with E-state index in [-0.39, 0.29) is 0 Å². The van der Waals surface area contributed by atoms with Crippen molar-refractivity contribution in [3.63, 3.8) is 0 Å². The Kier molecular flexibility index (Phi) is 3.20. The predicted molar refractivity (Wildman–Crippen MR) is 62.9 cm³/mol. The van der Waals surface area contributed by atoms with E-state index in [1.54, 1.807) is 23.0 Å². The van der Waals surface area contributed by atoms with Crippen LogP contribution < -0.4 is 4.72 Å². The number of thiol groups is 1. The maximum atomic E-state index is 12.7. The molecule has 2 heterocycles. The first kappa shape index (κ1) is 12.7. The third-order valence-corrected chi connectivity index (χ3v) is 3.62. The van der Waals surface area contributed by atoms with Gasteiger partial charge in [-0.3, -0.25) is 9.48 Å². The Labute approximate surface area is 104 Å². The van der Waals surface area contributed by atoms with Crippen molar-refractivity contribution in [3.05, 3.63) is 40.4 Å². The monoisotopic (exact) mass is 277 g/mol. The van der Waals surface area contributed by atoms with Crippen molar-refractivity contribution in [1.29, 1.82) is 0 Å². The number of halogens is 3. The minimum Gasteiger partial charge on any atom is -0.310 e. The molecular weight excluding hydrogens is 267 g/mol. The van der Waals surface area contributed by atoms with Gasteiger partial charge in [0, 0.05) is 13.2 Å². The topological polar surface area (TPSA) is 46.9 Å². The van der Waals surface area contributed by atoms with E-state index < -0.39 is 34.4 Å². The van der Waals surface area contributed by atoms with Crippen LogP contribution >= 0.6 is 11.1 Å². The summed E-state index contributed by atoms with van der Waals surface area (Å²) >= 11 is -1.01. The van der Waals surface area contributed by atoms with Gasteiger partial charge in [-0.2, -0.15) is 18.3 Å². The molecule has 0 unspecified atom stereocenters. The smallest absolute Gasteiger partial charge is 0.310 e. The molecule has 2 rings (SSSR count). The zero-order valence-electron chi connectivity index (χ0n) is 9.27. The minimum absolute atomic E-state index is 0.457. The Morgan fingerprint density at radius 3 is 2.56 bits per heavy atom. The number of nitrogens with one attached hydrogen (secondary N) is 1. The summed E-state index contributed by atoms with van der Waals surface area (Å²) in [5, 5.41) is 6.75. The number of aromatic nitrogens is 2. The molecule has 18 heavy (non-hydrogen) atoms. The van der Waals surface area contributed by atoms with Crippen LogP contribution in [0.15, 0.2) is 29.2 Å². The molecule has 1 N–H and O–H groups in total. The lowest BCUT2D eigenvalue weighted by Gasteiger charge is -2.12. The third kappa shape index (κ3) is 2.58. The van der Waals surface area contributed by atoms with E-state index in [1.807, 2.05) is 0 Å². The number of alkyl halides is 3. The molecule has 98 valence electrons. The molecule has 0 atom stereocenters. The quantitative estimate of drug-likeness (QED) is 0.813. The van der Waals surface area contributed by atoms with Gasteiger partial charge in [-0.25, -0.2) is 0 Å². The molecule has 4 nitrogen and oxygen atoms in total. The molecule has 1 aliphatic heterocycles. The highest BCUT2D eigenvalue weighted by molar-refractivity contribution is 8.21. The average Bonchev–Trinajstić information content (AvgIpc) is 2.85. The summed E-state index contributed by atoms with van der Waals surface area (Å²) in [5.74, 6) is -0.766. The summed E-state index contributed by atoms with van der Waals surface area (Å²) in [6, 6.07) is 0. The molecule has 8 heteroatoms. The molecule has 0 saturated carbocycles. The molecule has 0 aromatic carbocycles. The highest BCUT2D eigenvalue weighted by Crippen LogP contribution is 2.32. The van der Waals surface area contributed by atoms with Gasteiger partial charge >= 0.3 is 6.18 Å². The van der Waals surface area contributed by atoms with Crippen LogP contribution in [0.4, 0.5) is 13.2 Å². The SMILES string of the molecule is Cn1cc(C(=O)N[SH]2C=CC=C2)c(C(F)(F)F)n1. The van der Waals surface area contributed by atoms with Crippen molar-refractivity contribution in [1.82, 2.24) is 14.5 Å². The van der Waals surface area contributed by atoms with E-state index in [9.17, 15) is 18.0 Å². The standard InChI is InChI=1S/C10H10F3N3OS/c1-16-6-7(8(14-16)10(11,12)13)9(17)15-18-4-2-3-5-18/h2-6,18H,1H3,(H,15,17). The van der Waals surface area contributed by atoms with Crippen LogP contribution in [-0.2, 0) is 13.2 Å². The van der Waals surface area contributed by atoms with Gasteiger partial charge in [0.15, 0.2) is 5.69 Å². The van der Waals surface area contributed by atoms with Crippen LogP contribution in [0.5, 0.6) is 0 Å². The van der Waals surface area contributed by atoms with Crippen LogP contribution in [0.3, 0.4) is 0 Å². The summed E-state index contributed by atoms with van der Waals surface area (Å²) in [6.07, 6.45) is -0.0979. The molecule has 1 amide bonds. The van der Waals surface area contributed by atoms with Gasteiger partial charge in [-0.1, -0.05) is 12.2 Å². The normalized spacial score (nSPS) is 16.3. The lowest BCUT2D eigenvalue weighted by atomic mass is 10.2. The van der Waals surface area contributed by atoms with Crippen LogP contribution in [0, 0.1) is 0 Å². The molecule has 1 aliphatic rings. The number of hydrogen-bond acceptors (Lipinski definition) is 2. The van der Waals surface area contributed by atoms with Gasteiger partial charge in [-0.05, 0) is 10.8 Å². The molecule has 0 spiro atoms. The van der Waals surface area contributed by atoms with Gasteiger partial charge in [0.25, 0.3) is 5.91 Å². The fourth-order valence-electron chi connectivity index (χ4n) is 1.45. The third-order valence-electron chi connectivity index (χ3n) is 2.18. The second kappa shape index (κ2) is 4.52. The van der Waals surface area contributed by atoms with E-state index in [0.717, 1.165) is 10.9 Å². The second-order valence-electron chi connectivity index (χ2n) is 3.59. The van der Waals surface area contributed by atoms with E-state index in [2.05, 4.69) is 9.82 Å². The Bertz CT molecular complexity index is 521.